The third kappa shape index (κ3) is 17.2. The number of likely N-dealkylation sites (tertiary alicyclic amines) is 1. The zero-order chi connectivity index (χ0) is 42.6. The monoisotopic (exact) mass is 837 g/mol. The van der Waals surface area contributed by atoms with Crippen LogP contribution in [0.4, 0.5) is 4.79 Å². The topological polar surface area (TPSA) is 270 Å². The van der Waals surface area contributed by atoms with Gasteiger partial charge in [0.1, 0.15) is 17.3 Å². The number of rotatable bonds is 6. The summed E-state index contributed by atoms with van der Waals surface area (Å²) in [6.45, 7) is 17.7. The SMILES string of the molecule is C=C1CN(C(=O)OC(C)(C)C)C[C@H]1O.C=C1CN(S(C)(=O)=O)C[C@@H]1OC.C=C1CN(S(C)(=O)=O)C[C@H]1O.CN=O.CO[C@H]1CN(S(C)(=O)=O)C[C@@]1(O)CO. The van der Waals surface area contributed by atoms with Crippen LogP contribution in [0.3, 0.4) is 0 Å². The second-order valence-electron chi connectivity index (χ2n) is 13.9. The van der Waals surface area contributed by atoms with Crippen molar-refractivity contribution in [2.75, 3.05) is 99.0 Å². The van der Waals surface area contributed by atoms with E-state index in [-0.39, 0.29) is 38.8 Å². The maximum atomic E-state index is 11.5. The van der Waals surface area contributed by atoms with Gasteiger partial charge in [-0.3, -0.25) is 0 Å². The largest absolute Gasteiger partial charge is 0.444 e. The molecular formula is C31H59N5O15S3. The van der Waals surface area contributed by atoms with Gasteiger partial charge in [-0.2, -0.15) is 17.8 Å². The third-order valence-corrected chi connectivity index (χ3v) is 11.7. The maximum absolute atomic E-state index is 11.5. The summed E-state index contributed by atoms with van der Waals surface area (Å²) in [4.78, 5) is 21.5. The highest BCUT2D eigenvalue weighted by atomic mass is 32.2. The van der Waals surface area contributed by atoms with Gasteiger partial charge in [0.05, 0.1) is 57.3 Å². The molecule has 23 heteroatoms. The number of aliphatic hydroxyl groups excluding tert-OH is 3. The fourth-order valence-electron chi connectivity index (χ4n) is 4.92. The molecule has 5 atom stereocenters. The van der Waals surface area contributed by atoms with Crippen molar-refractivity contribution in [3.8, 4) is 0 Å². The summed E-state index contributed by atoms with van der Waals surface area (Å²) in [5.41, 5.74) is 0.0678. The summed E-state index contributed by atoms with van der Waals surface area (Å²) >= 11 is 0. The van der Waals surface area contributed by atoms with Crippen LogP contribution in [-0.4, -0.2) is 204 Å². The van der Waals surface area contributed by atoms with Gasteiger partial charge in [-0.05, 0) is 37.5 Å². The number of carbonyl (C=O) groups excluding carboxylic acids is 1. The molecule has 0 aromatic rings. The van der Waals surface area contributed by atoms with Crippen molar-refractivity contribution in [2.24, 2.45) is 5.18 Å². The van der Waals surface area contributed by atoms with Crippen LogP contribution in [-0.2, 0) is 44.3 Å². The van der Waals surface area contributed by atoms with Crippen LogP contribution in [0.1, 0.15) is 20.8 Å². The third-order valence-electron chi connectivity index (χ3n) is 8.01. The molecule has 0 aromatic heterocycles. The first-order valence-corrected chi connectivity index (χ1v) is 21.8. The molecule has 0 unspecified atom stereocenters. The number of β-amino-alcohol motifs (C(OH)–C–C–N with tert-alkyl or cyclic N) is 3. The molecule has 4 aliphatic rings. The standard InChI is InChI=1S/C10H17NO3.C7H15NO5S.C7H13NO3S.C6H11NO3S.CH3NO/c1-7-5-11(6-8(7)12)9(13)14-10(2,3)4;1-13-6-3-8(14(2,11)12)4-7(6,10)5-9;1-6-4-8(12(3,9)10)5-7(6)11-2;1-5-3-7(4-6(5)8)11(2,9)10;1-2-3/h8,12H,1,5-6H2,2-4H3;6,9-10H,3-5H2,1-2H3;7H,1,4-5H2,2-3H3;6,8H,1,3-4H2,2H3;1H3/t8-;6-,7+;7-;6-;/m1001./s1. The smallest absolute Gasteiger partial charge is 0.410 e. The van der Waals surface area contributed by atoms with Gasteiger partial charge < -0.3 is 39.5 Å². The Hall–Kier alpha value is -2.42. The highest BCUT2D eigenvalue weighted by molar-refractivity contribution is 7.88. The maximum Gasteiger partial charge on any atom is 0.410 e. The second-order valence-corrected chi connectivity index (χ2v) is 19.9. The Morgan fingerprint density at radius 2 is 1.22 bits per heavy atom. The van der Waals surface area contributed by atoms with Crippen molar-refractivity contribution in [2.45, 2.75) is 56.4 Å². The number of hydrogen-bond acceptors (Lipinski definition) is 16. The van der Waals surface area contributed by atoms with Crippen LogP contribution >= 0.6 is 0 Å². The molecule has 0 aliphatic carbocycles. The number of nitrogens with zero attached hydrogens (tertiary/aromatic N) is 5. The summed E-state index contributed by atoms with van der Waals surface area (Å²) in [7, 11) is -5.46. The number of carbonyl (C=O) groups is 1. The van der Waals surface area contributed by atoms with Crippen LogP contribution < -0.4 is 0 Å². The van der Waals surface area contributed by atoms with Crippen LogP contribution in [0, 0.1) is 4.91 Å². The van der Waals surface area contributed by atoms with Crippen molar-refractivity contribution >= 4 is 36.2 Å². The second kappa shape index (κ2) is 21.2. The average molecular weight is 838 g/mol. The molecule has 54 heavy (non-hydrogen) atoms. The van der Waals surface area contributed by atoms with E-state index in [2.05, 4.69) is 24.9 Å². The minimum atomic E-state index is -3.34. The van der Waals surface area contributed by atoms with Gasteiger partial charge in [-0.1, -0.05) is 24.9 Å². The number of nitroso groups, excluding NO2 is 1. The molecule has 0 saturated carbocycles. The molecule has 4 heterocycles. The van der Waals surface area contributed by atoms with Crippen molar-refractivity contribution in [3.05, 3.63) is 41.4 Å². The molecule has 4 saturated heterocycles. The molecule has 0 radical (unpaired) electrons. The number of sulfonamides is 3. The molecule has 4 rings (SSSR count). The van der Waals surface area contributed by atoms with E-state index in [1.54, 1.807) is 7.11 Å². The van der Waals surface area contributed by atoms with Crippen molar-refractivity contribution in [1.29, 1.82) is 0 Å². The summed E-state index contributed by atoms with van der Waals surface area (Å²) in [6, 6.07) is 0. The lowest BCUT2D eigenvalue weighted by atomic mass is 10.0. The van der Waals surface area contributed by atoms with Crippen LogP contribution in [0.5, 0.6) is 0 Å². The van der Waals surface area contributed by atoms with E-state index in [9.17, 15) is 40.3 Å². The number of ether oxygens (including phenoxy) is 3. The lowest BCUT2D eigenvalue weighted by Gasteiger charge is -2.24. The minimum Gasteiger partial charge on any atom is -0.444 e. The van der Waals surface area contributed by atoms with Gasteiger partial charge in [0.25, 0.3) is 0 Å². The van der Waals surface area contributed by atoms with Crippen LogP contribution in [0.25, 0.3) is 0 Å². The van der Waals surface area contributed by atoms with Crippen molar-refractivity contribution in [3.63, 3.8) is 0 Å². The number of methoxy groups -OCH3 is 2. The number of hydrogen-bond donors (Lipinski definition) is 4. The molecule has 0 aromatic carbocycles. The van der Waals surface area contributed by atoms with Crippen molar-refractivity contribution in [1.82, 2.24) is 17.8 Å². The zero-order valence-electron chi connectivity index (χ0n) is 32.5. The number of aliphatic hydroxyl groups is 4. The quantitative estimate of drug-likeness (QED) is 0.176. The zero-order valence-corrected chi connectivity index (χ0v) is 35.0. The fraction of sp³-hybridized carbons (Fsp3) is 0.774. The Morgan fingerprint density at radius 1 is 0.796 bits per heavy atom. The minimum absolute atomic E-state index is 0.0758. The summed E-state index contributed by atoms with van der Waals surface area (Å²) < 4.78 is 85.1. The summed E-state index contributed by atoms with van der Waals surface area (Å²) in [6.07, 6.45) is 0.865. The molecule has 316 valence electrons. The lowest BCUT2D eigenvalue weighted by Crippen LogP contribution is -2.46. The lowest BCUT2D eigenvalue weighted by molar-refractivity contribution is -0.0890. The van der Waals surface area contributed by atoms with E-state index in [0.29, 0.717) is 30.8 Å². The highest BCUT2D eigenvalue weighted by Crippen LogP contribution is 2.25. The van der Waals surface area contributed by atoms with E-state index < -0.39 is 72.3 Å². The van der Waals surface area contributed by atoms with Gasteiger partial charge in [-0.25, -0.2) is 30.0 Å². The molecule has 4 aliphatic heterocycles. The molecule has 0 bridgehead atoms. The van der Waals surface area contributed by atoms with Crippen molar-refractivity contribution < 1.29 is 64.7 Å². The first-order valence-electron chi connectivity index (χ1n) is 16.2. The van der Waals surface area contributed by atoms with Gasteiger partial charge >= 0.3 is 6.09 Å². The molecule has 0 spiro atoms. The molecule has 4 fully saturated rings. The van der Waals surface area contributed by atoms with Crippen LogP contribution in [0.2, 0.25) is 0 Å². The average Bonchev–Trinajstić information content (AvgIpc) is 3.78. The molecule has 1 amide bonds. The Kier molecular flexibility index (Phi) is 20.3. The van der Waals surface area contributed by atoms with E-state index in [1.807, 2.05) is 20.8 Å². The van der Waals surface area contributed by atoms with E-state index >= 15 is 0 Å². The summed E-state index contributed by atoms with van der Waals surface area (Å²) in [5.74, 6) is 0. The Labute approximate surface area is 319 Å². The molecule has 4 N–H and O–H groups in total. The first kappa shape index (κ1) is 51.6. The van der Waals surface area contributed by atoms with Gasteiger partial charge in [-0.15, -0.1) is 0 Å². The molecular weight excluding hydrogens is 779 g/mol. The summed E-state index contributed by atoms with van der Waals surface area (Å²) in [5, 5.41) is 39.5. The van der Waals surface area contributed by atoms with E-state index in [1.165, 1.54) is 33.9 Å². The number of amides is 1. The van der Waals surface area contributed by atoms with Crippen LogP contribution in [0.15, 0.2) is 41.6 Å². The van der Waals surface area contributed by atoms with Gasteiger partial charge in [0.2, 0.25) is 30.1 Å². The molecule has 20 nitrogen and oxygen atoms in total. The predicted octanol–water partition coefficient (Wildman–Crippen LogP) is -1.45. The van der Waals surface area contributed by atoms with Gasteiger partial charge in [0, 0.05) is 60.0 Å². The normalized spacial score (nSPS) is 26.8. The Balaban J connectivity index is 0.000000679. The Morgan fingerprint density at radius 3 is 1.48 bits per heavy atom. The highest BCUT2D eigenvalue weighted by Gasteiger charge is 2.48. The van der Waals surface area contributed by atoms with Gasteiger partial charge in [0.15, 0.2) is 0 Å². The Bertz CT molecular complexity index is 1630. The fourth-order valence-corrected chi connectivity index (χ4v) is 7.40. The first-order chi connectivity index (χ1) is 24.4. The predicted molar refractivity (Wildman–Crippen MR) is 202 cm³/mol. The van der Waals surface area contributed by atoms with E-state index in [4.69, 9.17) is 29.3 Å². The van der Waals surface area contributed by atoms with E-state index in [0.717, 1.165) is 22.4 Å².